The van der Waals surface area contributed by atoms with E-state index in [-0.39, 0.29) is 16.8 Å². The summed E-state index contributed by atoms with van der Waals surface area (Å²) < 4.78 is 37.2. The van der Waals surface area contributed by atoms with Crippen molar-refractivity contribution < 1.29 is 17.4 Å². The molecule has 8 heteroatoms. The van der Waals surface area contributed by atoms with Gasteiger partial charge in [0.25, 0.3) is 10.1 Å². The first-order chi connectivity index (χ1) is 21.6. The van der Waals surface area contributed by atoms with Crippen molar-refractivity contribution in [2.24, 2.45) is 5.41 Å². The van der Waals surface area contributed by atoms with Gasteiger partial charge >= 0.3 is 5.63 Å². The number of hydrogen-bond acceptors (Lipinski definition) is 6. The Kier molecular flexibility index (Phi) is 12.4. The first kappa shape index (κ1) is 36.6. The third kappa shape index (κ3) is 9.56. The fourth-order valence-corrected chi connectivity index (χ4v) is 5.84. The second kappa shape index (κ2) is 15.6. The van der Waals surface area contributed by atoms with Crippen molar-refractivity contribution in [3.63, 3.8) is 0 Å². The summed E-state index contributed by atoms with van der Waals surface area (Å²) in [7, 11) is -3.99. The second-order valence-electron chi connectivity index (χ2n) is 12.6. The zero-order valence-electron chi connectivity index (χ0n) is 28.7. The number of benzene rings is 2. The number of allylic oxidation sites excluding steroid dienone is 6. The van der Waals surface area contributed by atoms with Gasteiger partial charge < -0.3 is 14.2 Å². The van der Waals surface area contributed by atoms with E-state index in [9.17, 15) is 13.2 Å². The van der Waals surface area contributed by atoms with E-state index in [1.807, 2.05) is 50.3 Å². The van der Waals surface area contributed by atoms with E-state index >= 15 is 0 Å². The summed E-state index contributed by atoms with van der Waals surface area (Å²) in [6.45, 7) is 23.9. The normalized spacial score (nSPS) is 12.8. The molecule has 0 atom stereocenters. The molecule has 0 amide bonds. The molecule has 248 valence electrons. The van der Waals surface area contributed by atoms with Crippen LogP contribution in [0.5, 0.6) is 0 Å². The van der Waals surface area contributed by atoms with Crippen molar-refractivity contribution in [2.75, 3.05) is 41.7 Å². The zero-order chi connectivity index (χ0) is 34.2. The van der Waals surface area contributed by atoms with Gasteiger partial charge in [0.2, 0.25) is 0 Å². The minimum Gasteiger partial charge on any atom is -0.422 e. The van der Waals surface area contributed by atoms with E-state index in [1.165, 1.54) is 0 Å². The van der Waals surface area contributed by atoms with Crippen molar-refractivity contribution in [3.05, 3.63) is 106 Å². The lowest BCUT2D eigenvalue weighted by Gasteiger charge is -2.24. The van der Waals surface area contributed by atoms with Crippen LogP contribution in [0.4, 0.5) is 11.4 Å². The van der Waals surface area contributed by atoms with Gasteiger partial charge in [0.15, 0.2) is 0 Å². The summed E-state index contributed by atoms with van der Waals surface area (Å²) in [5.41, 5.74) is 7.57. The highest BCUT2D eigenvalue weighted by atomic mass is 32.2. The van der Waals surface area contributed by atoms with E-state index in [2.05, 4.69) is 82.2 Å². The molecule has 2 aromatic carbocycles. The summed E-state index contributed by atoms with van der Waals surface area (Å²) in [5, 5.41) is 0.913. The average molecular weight is 647 g/mol. The van der Waals surface area contributed by atoms with Crippen molar-refractivity contribution in [1.82, 2.24) is 0 Å². The number of anilines is 2. The molecule has 3 aromatic rings. The van der Waals surface area contributed by atoms with E-state index in [1.54, 1.807) is 6.08 Å². The molecule has 0 fully saturated rings. The number of rotatable bonds is 14. The molecule has 0 saturated heterocycles. The summed E-state index contributed by atoms with van der Waals surface area (Å²) in [6.07, 6.45) is 10.0. The van der Waals surface area contributed by atoms with E-state index in [4.69, 9.17) is 8.97 Å². The monoisotopic (exact) mass is 646 g/mol. The molecule has 46 heavy (non-hydrogen) atoms. The van der Waals surface area contributed by atoms with Gasteiger partial charge in [-0.2, -0.15) is 8.42 Å². The summed E-state index contributed by atoms with van der Waals surface area (Å²) in [5.74, 6) is -0.265. The van der Waals surface area contributed by atoms with Crippen LogP contribution in [0.2, 0.25) is 0 Å². The topological polar surface area (TPSA) is 91.1 Å². The molecule has 1 aromatic heterocycles. The number of hydrogen-bond donors (Lipinski definition) is 1. The maximum absolute atomic E-state index is 13.0. The van der Waals surface area contributed by atoms with E-state index in [0.717, 1.165) is 57.7 Å². The SMILES string of the molecule is C=C(/C=C(/C=C/C=C/c1c(C)c2ccc(N(CC)CC)cc2oc1=O)c1ccc(N(CC)CCCS(=O)(=O)O)cc1C)C(C)(C)C. The van der Waals surface area contributed by atoms with E-state index < -0.39 is 10.1 Å². The van der Waals surface area contributed by atoms with E-state index in [0.29, 0.717) is 30.7 Å². The maximum Gasteiger partial charge on any atom is 0.343 e. The van der Waals surface area contributed by atoms with Gasteiger partial charge in [-0.1, -0.05) is 57.7 Å². The predicted molar refractivity (Wildman–Crippen MR) is 196 cm³/mol. The standard InChI is InChI=1S/C38H50N2O5S/c1-10-39(11-2)32-19-21-34-29(6)35(37(41)45-36(34)26-32)17-14-13-16-30(25-28(5)38(7,8)9)33-20-18-31(24-27(33)4)40(12-3)22-15-23-46(42,43)44/h13-14,16-21,24-26H,5,10-12,15,22-23H2,1-4,6-9H3,(H,42,43,44)/b16-13+,17-14+,30-25-. The molecule has 1 heterocycles. The van der Waals surface area contributed by atoms with Crippen molar-refractivity contribution in [2.45, 2.75) is 61.8 Å². The molecule has 0 bridgehead atoms. The first-order valence-corrected chi connectivity index (χ1v) is 17.6. The Bertz CT molecular complexity index is 1800. The highest BCUT2D eigenvalue weighted by Crippen LogP contribution is 2.31. The fourth-order valence-electron chi connectivity index (χ4n) is 5.34. The quantitative estimate of drug-likeness (QED) is 0.107. The smallest absolute Gasteiger partial charge is 0.343 e. The molecule has 0 aliphatic rings. The van der Waals surface area contributed by atoms with Crippen LogP contribution in [0.15, 0.2) is 82.1 Å². The molecule has 0 aliphatic heterocycles. The maximum atomic E-state index is 13.0. The van der Waals surface area contributed by atoms with Gasteiger partial charge in [0, 0.05) is 49.0 Å². The third-order valence-electron chi connectivity index (χ3n) is 8.37. The van der Waals surface area contributed by atoms with Gasteiger partial charge in [0.1, 0.15) is 5.58 Å². The first-order valence-electron chi connectivity index (χ1n) is 16.0. The Hall–Kier alpha value is -3.88. The fraction of sp³-hybridized carbons (Fsp3) is 0.395. The Morgan fingerprint density at radius 1 is 0.957 bits per heavy atom. The lowest BCUT2D eigenvalue weighted by molar-refractivity contribution is 0.481. The molecule has 0 saturated carbocycles. The molecule has 0 unspecified atom stereocenters. The lowest BCUT2D eigenvalue weighted by Crippen LogP contribution is -2.25. The summed E-state index contributed by atoms with van der Waals surface area (Å²) in [6, 6.07) is 12.2. The van der Waals surface area contributed by atoms with Gasteiger partial charge in [0.05, 0.1) is 11.3 Å². The molecular formula is C38H50N2O5S. The van der Waals surface area contributed by atoms with Gasteiger partial charge in [-0.25, -0.2) is 4.79 Å². The second-order valence-corrected chi connectivity index (χ2v) is 14.2. The highest BCUT2D eigenvalue weighted by molar-refractivity contribution is 7.85. The van der Waals surface area contributed by atoms with Gasteiger partial charge in [-0.05, 0) is 105 Å². The van der Waals surface area contributed by atoms with Crippen LogP contribution in [-0.4, -0.2) is 44.9 Å². The zero-order valence-corrected chi connectivity index (χ0v) is 29.5. The molecule has 0 aliphatic carbocycles. The van der Waals surface area contributed by atoms with Crippen LogP contribution in [-0.2, 0) is 10.1 Å². The van der Waals surface area contributed by atoms with Crippen molar-refractivity contribution >= 4 is 44.1 Å². The highest BCUT2D eigenvalue weighted by Gasteiger charge is 2.16. The lowest BCUT2D eigenvalue weighted by atomic mass is 9.85. The molecule has 3 rings (SSSR count). The minimum absolute atomic E-state index is 0.124. The summed E-state index contributed by atoms with van der Waals surface area (Å²) >= 11 is 0. The molecule has 0 spiro atoms. The Morgan fingerprint density at radius 2 is 1.59 bits per heavy atom. The van der Waals surface area contributed by atoms with Crippen LogP contribution in [0.1, 0.15) is 70.2 Å². The molecular weight excluding hydrogens is 596 g/mol. The Balaban J connectivity index is 1.94. The van der Waals surface area contributed by atoms with Crippen LogP contribution in [0.3, 0.4) is 0 Å². The largest absolute Gasteiger partial charge is 0.422 e. The number of fused-ring (bicyclic) bond motifs is 1. The Morgan fingerprint density at radius 3 is 2.17 bits per heavy atom. The van der Waals surface area contributed by atoms with Gasteiger partial charge in [-0.3, -0.25) is 4.55 Å². The van der Waals surface area contributed by atoms with Crippen LogP contribution in [0.25, 0.3) is 22.6 Å². The Labute approximate surface area is 275 Å². The number of nitrogens with zero attached hydrogens (tertiary/aromatic N) is 2. The van der Waals surface area contributed by atoms with Crippen LogP contribution >= 0.6 is 0 Å². The van der Waals surface area contributed by atoms with Crippen molar-refractivity contribution in [1.29, 1.82) is 0 Å². The molecule has 7 nitrogen and oxygen atoms in total. The van der Waals surface area contributed by atoms with Crippen molar-refractivity contribution in [3.8, 4) is 0 Å². The third-order valence-corrected chi connectivity index (χ3v) is 9.17. The van der Waals surface area contributed by atoms with Crippen LogP contribution < -0.4 is 15.4 Å². The van der Waals surface area contributed by atoms with Gasteiger partial charge in [-0.15, -0.1) is 0 Å². The molecule has 0 radical (unpaired) electrons. The number of aryl methyl sites for hydroxylation is 2. The summed E-state index contributed by atoms with van der Waals surface area (Å²) in [4.78, 5) is 17.3. The predicted octanol–water partition coefficient (Wildman–Crippen LogP) is 8.62. The van der Waals surface area contributed by atoms with Crippen LogP contribution in [0, 0.1) is 19.3 Å². The molecule has 1 N–H and O–H groups in total. The average Bonchev–Trinajstić information content (AvgIpc) is 2.97. The minimum atomic E-state index is -3.99.